The summed E-state index contributed by atoms with van der Waals surface area (Å²) in [7, 11) is -7.09. The van der Waals surface area contributed by atoms with Gasteiger partial charge in [-0.15, -0.1) is 0 Å². The van der Waals surface area contributed by atoms with Gasteiger partial charge in [-0.3, -0.25) is 15.4 Å². The van der Waals surface area contributed by atoms with Crippen LogP contribution in [0.3, 0.4) is 0 Å². The van der Waals surface area contributed by atoms with Crippen LogP contribution in [0.1, 0.15) is 38.8 Å². The zero-order valence-electron chi connectivity index (χ0n) is 22.7. The van der Waals surface area contributed by atoms with Crippen LogP contribution >= 0.6 is 0 Å². The Morgan fingerprint density at radius 2 is 1.80 bits per heavy atom. The molecule has 1 aromatic heterocycles. The lowest BCUT2D eigenvalue weighted by Gasteiger charge is -2.35. The first-order valence-electron chi connectivity index (χ1n) is 12.0. The number of benzene rings is 2. The molecule has 3 aromatic rings. The summed E-state index contributed by atoms with van der Waals surface area (Å²) in [5.74, 6) is -0.960. The van der Waals surface area contributed by atoms with Gasteiger partial charge in [-0.05, 0) is 52.8 Å². The van der Waals surface area contributed by atoms with Crippen molar-refractivity contribution in [2.24, 2.45) is 4.99 Å². The largest absolute Gasteiger partial charge is 0.444 e. The number of hydrogen-bond acceptors (Lipinski definition) is 9. The SMILES string of the molecule is Cc1ccc(S(=O)(=O)n2cc([C@]3(C)CS(=O)(=O)N(C)C(NC(=O)OC(C)(C)C)=N3)c3cc([N+](=O)[O-])ccc32)cc1. The first-order chi connectivity index (χ1) is 18.3. The number of nitro groups is 1. The van der Waals surface area contributed by atoms with Gasteiger partial charge in [0.25, 0.3) is 15.7 Å². The molecule has 214 valence electrons. The number of aryl methyl sites for hydroxylation is 1. The predicted octanol–water partition coefficient (Wildman–Crippen LogP) is 3.47. The zero-order chi connectivity index (χ0) is 29.8. The monoisotopic (exact) mass is 591 g/mol. The summed E-state index contributed by atoms with van der Waals surface area (Å²) in [5.41, 5.74) is -1.82. The number of amides is 1. The molecule has 1 N–H and O–H groups in total. The van der Waals surface area contributed by atoms with Crippen LogP contribution in [0.4, 0.5) is 10.5 Å². The molecule has 15 heteroatoms. The molecule has 1 aliphatic heterocycles. The van der Waals surface area contributed by atoms with E-state index in [1.807, 2.05) is 0 Å². The summed E-state index contributed by atoms with van der Waals surface area (Å²) >= 11 is 0. The van der Waals surface area contributed by atoms with Gasteiger partial charge in [0.1, 0.15) is 11.1 Å². The number of aliphatic imine (C=N–C) groups is 1. The third-order valence-electron chi connectivity index (χ3n) is 6.27. The maximum Gasteiger partial charge on any atom is 0.414 e. The lowest BCUT2D eigenvalue weighted by molar-refractivity contribution is -0.384. The maximum absolute atomic E-state index is 13.7. The molecule has 0 spiro atoms. The van der Waals surface area contributed by atoms with E-state index >= 15 is 0 Å². The number of nitrogens with one attached hydrogen (secondary N) is 1. The molecule has 0 saturated heterocycles. The molecule has 0 saturated carbocycles. The van der Waals surface area contributed by atoms with Crippen LogP contribution in [-0.4, -0.2) is 60.5 Å². The molecule has 1 amide bonds. The van der Waals surface area contributed by atoms with Gasteiger partial charge in [0, 0.05) is 36.3 Å². The normalized spacial score (nSPS) is 19.2. The van der Waals surface area contributed by atoms with Crippen LogP contribution in [-0.2, 0) is 30.3 Å². The Bertz CT molecular complexity index is 1770. The standard InChI is InChI=1S/C25H29N5O8S2/c1-16-7-10-18(11-8-16)40(36,37)29-14-20(19-13-17(30(32)33)9-12-21(19)29)25(5)15-39(34,35)28(6)22(27-25)26-23(31)38-24(2,3)4/h7-14H,15H2,1-6H3,(H,26,27,31)/t25-/m0/s1. The first kappa shape index (κ1) is 29.0. The topological polar surface area (TPSA) is 170 Å². The van der Waals surface area contributed by atoms with Crippen molar-refractivity contribution in [1.29, 1.82) is 0 Å². The lowest BCUT2D eigenvalue weighted by atomic mass is 9.94. The third kappa shape index (κ3) is 5.38. The fraction of sp³-hybridized carbons (Fsp3) is 0.360. The minimum atomic E-state index is -4.20. The Morgan fingerprint density at radius 1 is 1.18 bits per heavy atom. The Balaban J connectivity index is 1.96. The van der Waals surface area contributed by atoms with Gasteiger partial charge in [0.15, 0.2) is 0 Å². The third-order valence-corrected chi connectivity index (χ3v) is 9.89. The first-order valence-corrected chi connectivity index (χ1v) is 15.1. The number of alkyl carbamates (subject to hydrolysis) is 1. The molecule has 0 radical (unpaired) electrons. The highest BCUT2D eigenvalue weighted by Gasteiger charge is 2.44. The number of nitro benzene ring substituents is 1. The highest BCUT2D eigenvalue weighted by atomic mass is 32.2. The van der Waals surface area contributed by atoms with E-state index in [1.54, 1.807) is 39.8 Å². The van der Waals surface area contributed by atoms with E-state index in [4.69, 9.17) is 4.74 Å². The van der Waals surface area contributed by atoms with E-state index in [0.29, 0.717) is 0 Å². The van der Waals surface area contributed by atoms with E-state index in [-0.39, 0.29) is 33.0 Å². The van der Waals surface area contributed by atoms with Gasteiger partial charge in [-0.2, -0.15) is 0 Å². The van der Waals surface area contributed by atoms with Crippen molar-refractivity contribution in [2.75, 3.05) is 12.8 Å². The van der Waals surface area contributed by atoms with Crippen molar-refractivity contribution in [2.45, 2.75) is 50.7 Å². The fourth-order valence-electron chi connectivity index (χ4n) is 4.31. The molecule has 0 fully saturated rings. The van der Waals surface area contributed by atoms with Crippen molar-refractivity contribution >= 4 is 48.7 Å². The number of nitrogens with zero attached hydrogens (tertiary/aromatic N) is 4. The molecule has 13 nitrogen and oxygen atoms in total. The van der Waals surface area contributed by atoms with Crippen LogP contribution in [0, 0.1) is 17.0 Å². The lowest BCUT2D eigenvalue weighted by Crippen LogP contribution is -2.54. The predicted molar refractivity (Wildman–Crippen MR) is 148 cm³/mol. The van der Waals surface area contributed by atoms with E-state index in [0.717, 1.165) is 13.8 Å². The van der Waals surface area contributed by atoms with E-state index < -0.39 is 48.0 Å². The quantitative estimate of drug-likeness (QED) is 0.355. The number of carbonyl (C=O) groups is 1. The van der Waals surface area contributed by atoms with Crippen LogP contribution in [0.15, 0.2) is 58.5 Å². The summed E-state index contributed by atoms with van der Waals surface area (Å²) in [4.78, 5) is 27.9. The number of hydrogen-bond donors (Lipinski definition) is 1. The fourth-order valence-corrected chi connectivity index (χ4v) is 7.16. The number of guanidine groups is 1. The summed E-state index contributed by atoms with van der Waals surface area (Å²) in [6.45, 7) is 8.16. The van der Waals surface area contributed by atoms with Crippen LogP contribution < -0.4 is 5.32 Å². The van der Waals surface area contributed by atoms with Crippen molar-refractivity contribution < 1.29 is 31.3 Å². The van der Waals surface area contributed by atoms with Gasteiger partial charge in [-0.1, -0.05) is 17.7 Å². The van der Waals surface area contributed by atoms with Crippen molar-refractivity contribution in [3.8, 4) is 0 Å². The van der Waals surface area contributed by atoms with Gasteiger partial charge in [0.05, 0.1) is 21.1 Å². The second-order valence-electron chi connectivity index (χ2n) is 10.7. The maximum atomic E-state index is 13.7. The number of carbonyl (C=O) groups excluding carboxylic acids is 1. The summed E-state index contributed by atoms with van der Waals surface area (Å²) < 4.78 is 60.8. The van der Waals surface area contributed by atoms with Gasteiger partial charge in [0.2, 0.25) is 16.0 Å². The average molecular weight is 592 g/mol. The number of fused-ring (bicyclic) bond motifs is 1. The number of aromatic nitrogens is 1. The molecule has 2 aromatic carbocycles. The minimum Gasteiger partial charge on any atom is -0.444 e. The molecule has 0 bridgehead atoms. The number of non-ortho nitro benzene ring substituents is 1. The minimum absolute atomic E-state index is 0.0307. The Hall–Kier alpha value is -3.98. The number of rotatable bonds is 4. The van der Waals surface area contributed by atoms with Crippen LogP contribution in [0.5, 0.6) is 0 Å². The van der Waals surface area contributed by atoms with Crippen molar-refractivity contribution in [3.05, 3.63) is 69.9 Å². The van der Waals surface area contributed by atoms with E-state index in [9.17, 15) is 31.7 Å². The number of ether oxygens (including phenoxy) is 1. The average Bonchev–Trinajstić information content (AvgIpc) is 3.22. The smallest absolute Gasteiger partial charge is 0.414 e. The van der Waals surface area contributed by atoms with Gasteiger partial charge < -0.3 is 4.74 Å². The summed E-state index contributed by atoms with van der Waals surface area (Å²) in [6.07, 6.45) is 0.275. The van der Waals surface area contributed by atoms with Gasteiger partial charge >= 0.3 is 6.09 Å². The van der Waals surface area contributed by atoms with E-state index in [2.05, 4.69) is 10.3 Å². The van der Waals surface area contributed by atoms with Crippen LogP contribution in [0.2, 0.25) is 0 Å². The second kappa shape index (κ2) is 9.59. The molecule has 0 aliphatic carbocycles. The Morgan fingerprint density at radius 3 is 2.38 bits per heavy atom. The second-order valence-corrected chi connectivity index (χ2v) is 14.5. The highest BCUT2D eigenvalue weighted by molar-refractivity contribution is 7.90. The molecule has 40 heavy (non-hydrogen) atoms. The molecule has 2 heterocycles. The Labute approximate surface area is 231 Å². The van der Waals surface area contributed by atoms with Gasteiger partial charge in [-0.25, -0.2) is 34.9 Å². The zero-order valence-corrected chi connectivity index (χ0v) is 24.3. The molecule has 4 rings (SSSR count). The molecule has 1 aliphatic rings. The highest BCUT2D eigenvalue weighted by Crippen LogP contribution is 2.40. The molecular formula is C25H29N5O8S2. The van der Waals surface area contributed by atoms with Crippen LogP contribution in [0.25, 0.3) is 10.9 Å². The Kier molecular flexibility index (Phi) is 6.95. The summed E-state index contributed by atoms with van der Waals surface area (Å²) in [5, 5.41) is 14.1. The number of sulfonamides is 1. The van der Waals surface area contributed by atoms with Crippen molar-refractivity contribution in [1.82, 2.24) is 13.6 Å². The summed E-state index contributed by atoms with van der Waals surface area (Å²) in [6, 6.07) is 9.77. The van der Waals surface area contributed by atoms with Crippen molar-refractivity contribution in [3.63, 3.8) is 0 Å². The molecular weight excluding hydrogens is 562 g/mol. The molecule has 1 atom stereocenters. The molecule has 0 unspecified atom stereocenters. The van der Waals surface area contributed by atoms with E-state index in [1.165, 1.54) is 50.5 Å².